The van der Waals surface area contributed by atoms with Gasteiger partial charge in [-0.25, -0.2) is 4.79 Å². The van der Waals surface area contributed by atoms with Gasteiger partial charge in [-0.05, 0) is 23.3 Å². The zero-order valence-corrected chi connectivity index (χ0v) is 15.7. The molecule has 0 spiro atoms. The van der Waals surface area contributed by atoms with Gasteiger partial charge in [0.2, 0.25) is 5.82 Å². The lowest BCUT2D eigenvalue weighted by Gasteiger charge is -2.22. The number of aromatic amines is 1. The number of hydrogen-bond acceptors (Lipinski definition) is 3. The van der Waals surface area contributed by atoms with Crippen LogP contribution in [0.5, 0.6) is 0 Å². The summed E-state index contributed by atoms with van der Waals surface area (Å²) in [6, 6.07) is 28.5. The summed E-state index contributed by atoms with van der Waals surface area (Å²) >= 11 is 0. The van der Waals surface area contributed by atoms with Crippen molar-refractivity contribution in [3.8, 4) is 5.69 Å². The molecule has 144 valence electrons. The normalized spacial score (nSPS) is 10.6. The van der Waals surface area contributed by atoms with Crippen LogP contribution in [0, 0.1) is 0 Å². The largest absolute Gasteiger partial charge is 0.348 e. The van der Waals surface area contributed by atoms with E-state index in [2.05, 4.69) is 10.1 Å². The number of amides is 1. The van der Waals surface area contributed by atoms with Crippen LogP contribution in [0.3, 0.4) is 0 Å². The molecule has 1 N–H and O–H groups in total. The zero-order valence-electron chi connectivity index (χ0n) is 15.7. The predicted molar refractivity (Wildman–Crippen MR) is 111 cm³/mol. The maximum Gasteiger partial charge on any atom is 0.348 e. The zero-order chi connectivity index (χ0) is 20.1. The second-order valence-corrected chi connectivity index (χ2v) is 6.66. The average molecular weight is 384 g/mol. The van der Waals surface area contributed by atoms with Crippen LogP contribution in [0.4, 0.5) is 0 Å². The minimum Gasteiger partial charge on any atom is -0.327 e. The average Bonchev–Trinajstić information content (AvgIpc) is 3.16. The third-order valence-electron chi connectivity index (χ3n) is 4.54. The highest BCUT2D eigenvalue weighted by Gasteiger charge is 2.21. The number of para-hydroxylation sites is 1. The summed E-state index contributed by atoms with van der Waals surface area (Å²) in [6.07, 6.45) is 0. The molecule has 6 nitrogen and oxygen atoms in total. The summed E-state index contributed by atoms with van der Waals surface area (Å²) in [7, 11) is 0. The fraction of sp³-hybridized carbons (Fsp3) is 0.0870. The number of H-pyrrole nitrogens is 1. The Morgan fingerprint density at radius 1 is 0.793 bits per heavy atom. The van der Waals surface area contributed by atoms with Gasteiger partial charge in [0.25, 0.3) is 5.91 Å². The molecule has 0 radical (unpaired) electrons. The minimum absolute atomic E-state index is 0.0192. The number of nitrogens with one attached hydrogen (secondary N) is 1. The third-order valence-corrected chi connectivity index (χ3v) is 4.54. The van der Waals surface area contributed by atoms with Crippen molar-refractivity contribution in [1.29, 1.82) is 0 Å². The van der Waals surface area contributed by atoms with Gasteiger partial charge in [-0.2, -0.15) is 4.68 Å². The molecular formula is C23H20N4O2. The molecule has 0 bridgehead atoms. The van der Waals surface area contributed by atoms with Gasteiger partial charge in [0.15, 0.2) is 0 Å². The summed E-state index contributed by atoms with van der Waals surface area (Å²) in [4.78, 5) is 29.9. The van der Waals surface area contributed by atoms with Crippen LogP contribution in [-0.2, 0) is 13.1 Å². The lowest BCUT2D eigenvalue weighted by Crippen LogP contribution is -2.31. The Morgan fingerprint density at radius 2 is 1.28 bits per heavy atom. The Labute approximate surface area is 168 Å². The Kier molecular flexibility index (Phi) is 5.33. The number of carbonyl (C=O) groups excluding carboxylic acids is 1. The van der Waals surface area contributed by atoms with Crippen molar-refractivity contribution in [2.75, 3.05) is 0 Å². The molecule has 3 aromatic carbocycles. The third kappa shape index (κ3) is 4.32. The van der Waals surface area contributed by atoms with Gasteiger partial charge in [-0.1, -0.05) is 78.9 Å². The van der Waals surface area contributed by atoms with Crippen LogP contribution in [0.2, 0.25) is 0 Å². The first-order valence-corrected chi connectivity index (χ1v) is 9.32. The summed E-state index contributed by atoms with van der Waals surface area (Å²) < 4.78 is 1.20. The first-order valence-electron chi connectivity index (χ1n) is 9.32. The molecular weight excluding hydrogens is 364 g/mol. The van der Waals surface area contributed by atoms with Crippen LogP contribution < -0.4 is 5.69 Å². The summed E-state index contributed by atoms with van der Waals surface area (Å²) in [6.45, 7) is 0.823. The molecule has 0 saturated heterocycles. The molecule has 0 aliphatic carbocycles. The van der Waals surface area contributed by atoms with E-state index in [0.717, 1.165) is 11.1 Å². The summed E-state index contributed by atoms with van der Waals surface area (Å²) in [5, 5.41) is 4.24. The maximum absolute atomic E-state index is 13.2. The van der Waals surface area contributed by atoms with Gasteiger partial charge in [0, 0.05) is 13.1 Å². The van der Waals surface area contributed by atoms with Crippen LogP contribution in [-0.4, -0.2) is 25.6 Å². The molecule has 1 aromatic heterocycles. The van der Waals surface area contributed by atoms with Crippen molar-refractivity contribution in [1.82, 2.24) is 19.7 Å². The van der Waals surface area contributed by atoms with Gasteiger partial charge in [-0.15, -0.1) is 5.10 Å². The van der Waals surface area contributed by atoms with Gasteiger partial charge in [-0.3, -0.25) is 9.78 Å². The van der Waals surface area contributed by atoms with Gasteiger partial charge < -0.3 is 4.90 Å². The number of nitrogens with zero attached hydrogens (tertiary/aromatic N) is 3. The van der Waals surface area contributed by atoms with E-state index in [1.165, 1.54) is 4.68 Å². The quantitative estimate of drug-likeness (QED) is 0.554. The first kappa shape index (κ1) is 18.4. The molecule has 0 aliphatic rings. The highest BCUT2D eigenvalue weighted by Crippen LogP contribution is 2.13. The second kappa shape index (κ2) is 8.39. The summed E-state index contributed by atoms with van der Waals surface area (Å²) in [5.74, 6) is -0.310. The van der Waals surface area contributed by atoms with Crippen molar-refractivity contribution in [3.05, 3.63) is 118 Å². The van der Waals surface area contributed by atoms with Crippen LogP contribution in [0.25, 0.3) is 5.69 Å². The fourth-order valence-electron chi connectivity index (χ4n) is 3.12. The van der Waals surface area contributed by atoms with E-state index in [-0.39, 0.29) is 11.7 Å². The standard InChI is InChI=1S/C23H20N4O2/c28-22(21-24-23(29)27(25-21)20-14-8-3-9-15-20)26(16-18-10-4-1-5-11-18)17-19-12-6-2-7-13-19/h1-15H,16-17H2,(H,24,25,29). The van der Waals surface area contributed by atoms with E-state index < -0.39 is 5.69 Å². The van der Waals surface area contributed by atoms with Crippen molar-refractivity contribution < 1.29 is 4.79 Å². The van der Waals surface area contributed by atoms with E-state index in [0.29, 0.717) is 18.8 Å². The number of carbonyl (C=O) groups is 1. The molecule has 4 aromatic rings. The van der Waals surface area contributed by atoms with Gasteiger partial charge in [0.1, 0.15) is 0 Å². The van der Waals surface area contributed by atoms with Crippen molar-refractivity contribution in [2.45, 2.75) is 13.1 Å². The fourth-order valence-corrected chi connectivity index (χ4v) is 3.12. The number of aromatic nitrogens is 3. The molecule has 29 heavy (non-hydrogen) atoms. The Morgan fingerprint density at radius 3 is 1.79 bits per heavy atom. The van der Waals surface area contributed by atoms with E-state index in [1.54, 1.807) is 17.0 Å². The molecule has 0 atom stereocenters. The monoisotopic (exact) mass is 384 g/mol. The molecule has 0 unspecified atom stereocenters. The van der Waals surface area contributed by atoms with Crippen LogP contribution in [0.1, 0.15) is 21.7 Å². The van der Waals surface area contributed by atoms with Crippen molar-refractivity contribution in [2.24, 2.45) is 0 Å². The SMILES string of the molecule is O=C(c1nn(-c2ccccc2)c(=O)[nH]1)N(Cc1ccccc1)Cc1ccccc1. The number of rotatable bonds is 6. The summed E-state index contributed by atoms with van der Waals surface area (Å²) in [5.41, 5.74) is 2.16. The van der Waals surface area contributed by atoms with E-state index in [9.17, 15) is 9.59 Å². The van der Waals surface area contributed by atoms with E-state index in [4.69, 9.17) is 0 Å². The van der Waals surface area contributed by atoms with Crippen LogP contribution in [0.15, 0.2) is 95.8 Å². The van der Waals surface area contributed by atoms with Gasteiger partial charge in [0.05, 0.1) is 5.69 Å². The highest BCUT2D eigenvalue weighted by molar-refractivity contribution is 5.90. The number of hydrogen-bond donors (Lipinski definition) is 1. The minimum atomic E-state index is -0.445. The number of benzene rings is 3. The lowest BCUT2D eigenvalue weighted by atomic mass is 10.1. The Balaban J connectivity index is 1.65. The molecule has 0 saturated carbocycles. The Hall–Kier alpha value is -3.93. The van der Waals surface area contributed by atoms with E-state index in [1.807, 2.05) is 78.9 Å². The molecule has 4 rings (SSSR count). The van der Waals surface area contributed by atoms with Gasteiger partial charge >= 0.3 is 5.69 Å². The molecule has 6 heteroatoms. The lowest BCUT2D eigenvalue weighted by molar-refractivity contribution is 0.0717. The Bertz CT molecular complexity index is 1090. The first-order chi connectivity index (χ1) is 14.2. The predicted octanol–water partition coefficient (Wildman–Crippen LogP) is 3.40. The molecule has 1 heterocycles. The van der Waals surface area contributed by atoms with Crippen molar-refractivity contribution in [3.63, 3.8) is 0 Å². The van der Waals surface area contributed by atoms with Crippen molar-refractivity contribution >= 4 is 5.91 Å². The highest BCUT2D eigenvalue weighted by atomic mass is 16.2. The molecule has 1 amide bonds. The molecule has 0 aliphatic heterocycles. The van der Waals surface area contributed by atoms with E-state index >= 15 is 0 Å². The smallest absolute Gasteiger partial charge is 0.327 e. The van der Waals surface area contributed by atoms with Crippen LogP contribution >= 0.6 is 0 Å². The molecule has 0 fully saturated rings. The second-order valence-electron chi connectivity index (χ2n) is 6.66. The topological polar surface area (TPSA) is 71.0 Å². The maximum atomic E-state index is 13.2.